The largest absolute Gasteiger partial charge is 0.508 e. The molecule has 1 aromatic carbocycles. The summed E-state index contributed by atoms with van der Waals surface area (Å²) in [5.74, 6) is -2.02. The first-order valence-corrected chi connectivity index (χ1v) is 11.5. The molecular formula is C20H19N3O6S2. The fourth-order valence-corrected chi connectivity index (χ4v) is 7.00. The number of nitrogens with zero attached hydrogens (tertiary/aromatic N) is 2. The fraction of sp³-hybridized carbons (Fsp3) is 0.400. The lowest BCUT2D eigenvalue weighted by molar-refractivity contribution is -0.136. The summed E-state index contributed by atoms with van der Waals surface area (Å²) in [5, 5.41) is 11.9. The number of phenolic OH excluding ortho intramolecular Hbond substituents is 1. The molecule has 0 saturated carbocycles. The van der Waals surface area contributed by atoms with Crippen LogP contribution < -0.4 is 10.2 Å². The molecule has 9 nitrogen and oxygen atoms in total. The van der Waals surface area contributed by atoms with Gasteiger partial charge in [0, 0.05) is 23.9 Å². The zero-order chi connectivity index (χ0) is 21.7. The van der Waals surface area contributed by atoms with Crippen molar-refractivity contribution in [3.63, 3.8) is 0 Å². The number of aromatic hydroxyl groups is 1. The van der Waals surface area contributed by atoms with Crippen LogP contribution in [0.4, 0.5) is 0 Å². The maximum Gasteiger partial charge on any atom is 0.308 e. The molecule has 11 heteroatoms. The summed E-state index contributed by atoms with van der Waals surface area (Å²) in [4.78, 5) is 52.8. The summed E-state index contributed by atoms with van der Waals surface area (Å²) in [6.07, 6.45) is 0. The van der Waals surface area contributed by atoms with Gasteiger partial charge in [-0.25, -0.2) is 0 Å². The third kappa shape index (κ3) is 3.46. The van der Waals surface area contributed by atoms with Crippen LogP contribution in [0.25, 0.3) is 0 Å². The van der Waals surface area contributed by atoms with Crippen molar-refractivity contribution in [3.05, 3.63) is 44.4 Å². The van der Waals surface area contributed by atoms with E-state index < -0.39 is 17.1 Å². The van der Waals surface area contributed by atoms with Gasteiger partial charge >= 0.3 is 4.87 Å². The smallest absolute Gasteiger partial charge is 0.308 e. The average molecular weight is 462 g/mol. The lowest BCUT2D eigenvalue weighted by atomic mass is 9.83. The molecule has 0 radical (unpaired) electrons. The lowest BCUT2D eigenvalue weighted by Crippen LogP contribution is -2.43. The Morgan fingerprint density at radius 2 is 1.84 bits per heavy atom. The number of hydrogen-bond donors (Lipinski definition) is 2. The SMILES string of the molecule is O=C1NC(=O)[C@H]2Sc3c(sc(=O)n3CC(=O)N3CCOCC3)[C@@H](c3ccc(O)cc3)[C@@H]12. The predicted molar refractivity (Wildman–Crippen MR) is 112 cm³/mol. The number of rotatable bonds is 3. The first-order chi connectivity index (χ1) is 14.9. The van der Waals surface area contributed by atoms with E-state index in [2.05, 4.69) is 5.32 Å². The van der Waals surface area contributed by atoms with Gasteiger partial charge in [0.1, 0.15) is 17.5 Å². The molecule has 4 heterocycles. The highest BCUT2D eigenvalue weighted by Crippen LogP contribution is 2.51. The second-order valence-corrected chi connectivity index (χ2v) is 9.73. The van der Waals surface area contributed by atoms with Gasteiger partial charge in [-0.15, -0.1) is 0 Å². The van der Waals surface area contributed by atoms with Crippen molar-refractivity contribution < 1.29 is 24.2 Å². The van der Waals surface area contributed by atoms with Crippen molar-refractivity contribution in [2.75, 3.05) is 26.3 Å². The Morgan fingerprint density at radius 3 is 2.55 bits per heavy atom. The number of hydrogen-bond acceptors (Lipinski definition) is 8. The molecule has 0 bridgehead atoms. The minimum Gasteiger partial charge on any atom is -0.508 e. The molecule has 0 aliphatic carbocycles. The third-order valence-corrected chi connectivity index (χ3v) is 8.41. The van der Waals surface area contributed by atoms with E-state index in [4.69, 9.17) is 4.74 Å². The van der Waals surface area contributed by atoms with E-state index in [1.54, 1.807) is 17.0 Å². The summed E-state index contributed by atoms with van der Waals surface area (Å²) in [6, 6.07) is 6.42. The van der Waals surface area contributed by atoms with Crippen molar-refractivity contribution in [1.29, 1.82) is 0 Å². The number of carbonyl (C=O) groups is 3. The number of nitrogens with one attached hydrogen (secondary N) is 1. The molecule has 0 unspecified atom stereocenters. The Kier molecular flexibility index (Phi) is 5.11. The zero-order valence-corrected chi connectivity index (χ0v) is 17.9. The molecule has 1 aromatic heterocycles. The highest BCUT2D eigenvalue weighted by Gasteiger charge is 2.52. The zero-order valence-electron chi connectivity index (χ0n) is 16.3. The predicted octanol–water partition coefficient (Wildman–Crippen LogP) is 0.353. The van der Waals surface area contributed by atoms with Crippen LogP contribution in [-0.4, -0.2) is 63.8 Å². The van der Waals surface area contributed by atoms with E-state index in [0.717, 1.165) is 16.9 Å². The second kappa shape index (κ2) is 7.81. The normalized spacial score (nSPS) is 25.2. The third-order valence-electron chi connectivity index (χ3n) is 5.80. The Labute approximate surface area is 185 Å². The van der Waals surface area contributed by atoms with Gasteiger partial charge in [-0.2, -0.15) is 0 Å². The highest BCUT2D eigenvalue weighted by molar-refractivity contribution is 8.00. The van der Waals surface area contributed by atoms with Gasteiger partial charge in [-0.05, 0) is 17.7 Å². The number of thioether (sulfide) groups is 1. The Balaban J connectivity index is 1.56. The van der Waals surface area contributed by atoms with Crippen LogP contribution in [0.15, 0.2) is 34.1 Å². The molecule has 3 atom stereocenters. The van der Waals surface area contributed by atoms with Crippen molar-refractivity contribution in [3.8, 4) is 5.75 Å². The van der Waals surface area contributed by atoms with Gasteiger partial charge in [0.05, 0.1) is 24.2 Å². The molecule has 31 heavy (non-hydrogen) atoms. The molecule has 3 aliphatic heterocycles. The summed E-state index contributed by atoms with van der Waals surface area (Å²) >= 11 is 2.17. The van der Waals surface area contributed by atoms with Crippen molar-refractivity contribution in [2.24, 2.45) is 5.92 Å². The van der Waals surface area contributed by atoms with E-state index in [1.807, 2.05) is 0 Å². The summed E-state index contributed by atoms with van der Waals surface area (Å²) < 4.78 is 6.70. The molecule has 2 saturated heterocycles. The number of thiazole rings is 1. The number of aromatic nitrogens is 1. The molecule has 2 fully saturated rings. The standard InChI is InChI=1S/C20H19N3O6S2/c24-11-3-1-10(2-4-11)13-14-15(18(27)21-17(14)26)30-19-16(13)31-20(28)23(19)9-12(25)22-5-7-29-8-6-22/h1-4,13-15,24H,5-9H2,(H,21,26,27)/t13-,14+,15-/m0/s1. The molecule has 2 N–H and O–H groups in total. The van der Waals surface area contributed by atoms with Crippen LogP contribution in [0.2, 0.25) is 0 Å². The maximum atomic E-state index is 12.9. The topological polar surface area (TPSA) is 118 Å². The molecule has 5 rings (SSSR count). The van der Waals surface area contributed by atoms with Crippen LogP contribution >= 0.6 is 23.1 Å². The van der Waals surface area contributed by atoms with E-state index in [0.29, 0.717) is 36.2 Å². The maximum absolute atomic E-state index is 12.9. The molecule has 2 aromatic rings. The van der Waals surface area contributed by atoms with Crippen LogP contribution in [-0.2, 0) is 25.7 Å². The van der Waals surface area contributed by atoms with E-state index in [1.165, 1.54) is 28.5 Å². The Morgan fingerprint density at radius 1 is 1.13 bits per heavy atom. The Hall–Kier alpha value is -2.63. The van der Waals surface area contributed by atoms with E-state index >= 15 is 0 Å². The van der Waals surface area contributed by atoms with Gasteiger partial charge in [0.15, 0.2) is 0 Å². The summed E-state index contributed by atoms with van der Waals surface area (Å²) in [7, 11) is 0. The van der Waals surface area contributed by atoms with Crippen LogP contribution in [0.3, 0.4) is 0 Å². The summed E-state index contributed by atoms with van der Waals surface area (Å²) in [6.45, 7) is 1.76. The van der Waals surface area contributed by atoms with Gasteiger partial charge in [0.25, 0.3) is 0 Å². The number of ether oxygens (including phenoxy) is 1. The molecular weight excluding hydrogens is 442 g/mol. The van der Waals surface area contributed by atoms with Gasteiger partial charge in [-0.1, -0.05) is 35.2 Å². The number of fused-ring (bicyclic) bond motifs is 2. The van der Waals surface area contributed by atoms with Crippen molar-refractivity contribution >= 4 is 40.8 Å². The number of benzene rings is 1. The fourth-order valence-electron chi connectivity index (χ4n) is 4.26. The number of carbonyl (C=O) groups excluding carboxylic acids is 3. The second-order valence-electron chi connectivity index (χ2n) is 7.60. The minimum absolute atomic E-state index is 0.0829. The molecule has 3 aliphatic rings. The number of phenols is 1. The molecule has 0 spiro atoms. The van der Waals surface area contributed by atoms with Gasteiger partial charge in [0.2, 0.25) is 17.7 Å². The van der Waals surface area contributed by atoms with Crippen molar-refractivity contribution in [2.45, 2.75) is 22.7 Å². The quantitative estimate of drug-likeness (QED) is 0.634. The number of amides is 3. The molecule has 162 valence electrons. The van der Waals surface area contributed by atoms with E-state index in [9.17, 15) is 24.3 Å². The van der Waals surface area contributed by atoms with Crippen molar-refractivity contribution in [1.82, 2.24) is 14.8 Å². The minimum atomic E-state index is -0.683. The van der Waals surface area contributed by atoms with Crippen LogP contribution in [0.5, 0.6) is 5.75 Å². The van der Waals surface area contributed by atoms with Gasteiger partial charge in [-0.3, -0.25) is 29.1 Å². The molecule has 3 amide bonds. The monoisotopic (exact) mass is 461 g/mol. The first-order valence-electron chi connectivity index (χ1n) is 9.83. The van der Waals surface area contributed by atoms with Crippen LogP contribution in [0, 0.1) is 5.92 Å². The van der Waals surface area contributed by atoms with Crippen LogP contribution in [0.1, 0.15) is 16.4 Å². The average Bonchev–Trinajstić information content (AvgIpc) is 3.23. The van der Waals surface area contributed by atoms with E-state index in [-0.39, 0.29) is 34.9 Å². The lowest BCUT2D eigenvalue weighted by Gasteiger charge is -2.31. The van der Waals surface area contributed by atoms with Gasteiger partial charge < -0.3 is 14.7 Å². The Bertz CT molecular complexity index is 1120. The number of imide groups is 1. The highest BCUT2D eigenvalue weighted by atomic mass is 32.2. The summed E-state index contributed by atoms with van der Waals surface area (Å²) in [5.41, 5.74) is 0.729. The number of morpholine rings is 1. The first kappa shape index (κ1) is 20.3.